The topological polar surface area (TPSA) is 131 Å². The molecule has 0 atom stereocenters. The molecule has 0 bridgehead atoms. The van der Waals surface area contributed by atoms with E-state index in [4.69, 9.17) is 22.1 Å². The molecule has 168 valence electrons. The zero-order chi connectivity index (χ0) is 23.7. The fraction of sp³-hybridized carbons (Fsp3) is 0.286. The monoisotopic (exact) mass is 459 g/mol. The van der Waals surface area contributed by atoms with Crippen LogP contribution in [0.15, 0.2) is 33.9 Å². The van der Waals surface area contributed by atoms with Crippen LogP contribution in [0.25, 0.3) is 0 Å². The number of rotatable bonds is 6. The highest BCUT2D eigenvalue weighted by Crippen LogP contribution is 2.20. The van der Waals surface area contributed by atoms with Crippen molar-refractivity contribution >= 4 is 29.2 Å². The number of ketones is 1. The second-order valence-corrected chi connectivity index (χ2v) is 7.67. The zero-order valence-corrected chi connectivity index (χ0v) is 18.8. The van der Waals surface area contributed by atoms with Crippen LogP contribution in [0.4, 0.5) is 5.82 Å². The third-order valence-corrected chi connectivity index (χ3v) is 5.56. The second-order valence-electron chi connectivity index (χ2n) is 7.26. The first kappa shape index (κ1) is 23.0. The number of carbonyl (C=O) groups is 2. The van der Waals surface area contributed by atoms with Crippen LogP contribution in [0.3, 0.4) is 0 Å². The number of aryl methyl sites for hydroxylation is 1. The molecule has 2 aromatic heterocycles. The number of nitrogens with two attached hydrogens (primary N) is 1. The van der Waals surface area contributed by atoms with E-state index in [1.807, 2.05) is 18.2 Å². The van der Waals surface area contributed by atoms with Crippen LogP contribution in [-0.2, 0) is 25.4 Å². The van der Waals surface area contributed by atoms with E-state index < -0.39 is 35.2 Å². The van der Waals surface area contributed by atoms with Gasteiger partial charge in [-0.05, 0) is 25.5 Å². The molecular formula is C21H22ClN5O5. The van der Waals surface area contributed by atoms with Gasteiger partial charge in [-0.2, -0.15) is 5.10 Å². The normalized spacial score (nSPS) is 10.9. The Kier molecular flexibility index (Phi) is 6.35. The average molecular weight is 460 g/mol. The van der Waals surface area contributed by atoms with Gasteiger partial charge >= 0.3 is 11.7 Å². The first-order valence-electron chi connectivity index (χ1n) is 9.57. The fourth-order valence-electron chi connectivity index (χ4n) is 3.33. The molecule has 0 fully saturated rings. The van der Waals surface area contributed by atoms with E-state index in [0.29, 0.717) is 23.0 Å². The Labute approximate surface area is 187 Å². The van der Waals surface area contributed by atoms with Crippen LogP contribution in [0.1, 0.15) is 37.7 Å². The van der Waals surface area contributed by atoms with Crippen LogP contribution < -0.4 is 17.0 Å². The number of ether oxygens (including phenoxy) is 1. The van der Waals surface area contributed by atoms with Crippen molar-refractivity contribution in [1.82, 2.24) is 18.9 Å². The van der Waals surface area contributed by atoms with Crippen molar-refractivity contribution in [3.63, 3.8) is 0 Å². The van der Waals surface area contributed by atoms with Crippen LogP contribution in [-0.4, -0.2) is 37.3 Å². The summed E-state index contributed by atoms with van der Waals surface area (Å²) < 4.78 is 8.51. The van der Waals surface area contributed by atoms with Crippen LogP contribution >= 0.6 is 11.6 Å². The zero-order valence-electron chi connectivity index (χ0n) is 18.0. The summed E-state index contributed by atoms with van der Waals surface area (Å²) in [7, 11) is 2.56. The van der Waals surface area contributed by atoms with Gasteiger partial charge in [-0.3, -0.25) is 23.4 Å². The highest BCUT2D eigenvalue weighted by atomic mass is 35.5. The van der Waals surface area contributed by atoms with E-state index in [1.54, 1.807) is 24.6 Å². The number of anilines is 1. The van der Waals surface area contributed by atoms with Crippen molar-refractivity contribution in [3.8, 4) is 0 Å². The second kappa shape index (κ2) is 8.83. The number of halogens is 1. The summed E-state index contributed by atoms with van der Waals surface area (Å²) in [6, 6.07) is 7.28. The first-order valence-corrected chi connectivity index (χ1v) is 9.95. The molecule has 0 unspecified atom stereocenters. The fourth-order valence-corrected chi connectivity index (χ4v) is 3.53. The van der Waals surface area contributed by atoms with Gasteiger partial charge in [0.05, 0.1) is 17.9 Å². The van der Waals surface area contributed by atoms with Crippen molar-refractivity contribution in [2.24, 2.45) is 14.1 Å². The lowest BCUT2D eigenvalue weighted by molar-refractivity contribution is 0.0472. The predicted molar refractivity (Wildman–Crippen MR) is 118 cm³/mol. The largest absolute Gasteiger partial charge is 0.454 e. The van der Waals surface area contributed by atoms with Gasteiger partial charge in [0.25, 0.3) is 5.56 Å². The summed E-state index contributed by atoms with van der Waals surface area (Å²) >= 11 is 6.21. The van der Waals surface area contributed by atoms with E-state index in [0.717, 1.165) is 14.7 Å². The van der Waals surface area contributed by atoms with Gasteiger partial charge in [-0.1, -0.05) is 29.8 Å². The Morgan fingerprint density at radius 2 is 1.75 bits per heavy atom. The van der Waals surface area contributed by atoms with Crippen molar-refractivity contribution in [2.45, 2.75) is 20.4 Å². The Hall–Kier alpha value is -3.66. The molecule has 0 saturated carbocycles. The highest BCUT2D eigenvalue weighted by molar-refractivity contribution is 6.31. The molecule has 0 aliphatic rings. The smallest absolute Gasteiger partial charge is 0.342 e. The number of nitrogens with zero attached hydrogens (tertiary/aromatic N) is 4. The minimum Gasteiger partial charge on any atom is -0.454 e. The minimum absolute atomic E-state index is 0.214. The van der Waals surface area contributed by atoms with Crippen LogP contribution in [0.5, 0.6) is 0 Å². The van der Waals surface area contributed by atoms with E-state index in [2.05, 4.69) is 5.10 Å². The lowest BCUT2D eigenvalue weighted by atomic mass is 10.2. The number of hydrogen-bond acceptors (Lipinski definition) is 7. The maximum Gasteiger partial charge on any atom is 0.342 e. The molecule has 2 heterocycles. The van der Waals surface area contributed by atoms with Gasteiger partial charge in [0.1, 0.15) is 16.9 Å². The summed E-state index contributed by atoms with van der Waals surface area (Å²) in [5.41, 5.74) is 5.84. The van der Waals surface area contributed by atoms with Gasteiger partial charge < -0.3 is 10.5 Å². The van der Waals surface area contributed by atoms with E-state index in [1.165, 1.54) is 14.1 Å². The molecule has 3 aromatic rings. The summed E-state index contributed by atoms with van der Waals surface area (Å²) in [6.45, 7) is 2.99. The van der Waals surface area contributed by atoms with E-state index in [-0.39, 0.29) is 11.4 Å². The number of carbonyl (C=O) groups excluding carboxylic acids is 2. The number of hydrogen-bond donors (Lipinski definition) is 1. The molecule has 0 spiro atoms. The third-order valence-electron chi connectivity index (χ3n) is 5.19. The molecule has 1 aromatic carbocycles. The maximum atomic E-state index is 12.7. The molecule has 32 heavy (non-hydrogen) atoms. The molecule has 3 rings (SSSR count). The summed E-state index contributed by atoms with van der Waals surface area (Å²) in [5, 5.41) is 4.95. The van der Waals surface area contributed by atoms with Gasteiger partial charge in [0.2, 0.25) is 5.78 Å². The number of nitrogen functional groups attached to an aromatic ring is 1. The van der Waals surface area contributed by atoms with Gasteiger partial charge in [-0.25, -0.2) is 9.59 Å². The molecule has 0 aliphatic carbocycles. The SMILES string of the molecule is Cc1nn(Cc2ccccc2Cl)c(C)c1C(=O)OCC(=O)c1c(N)n(C)c(=O)n(C)c1=O. The lowest BCUT2D eigenvalue weighted by Gasteiger charge is -2.11. The number of benzene rings is 1. The predicted octanol–water partition coefficient (Wildman–Crippen LogP) is 1.22. The lowest BCUT2D eigenvalue weighted by Crippen LogP contribution is -2.42. The Morgan fingerprint density at radius 1 is 1.09 bits per heavy atom. The quantitative estimate of drug-likeness (QED) is 0.433. The molecule has 2 N–H and O–H groups in total. The Balaban J connectivity index is 1.81. The van der Waals surface area contributed by atoms with Gasteiger partial charge in [0.15, 0.2) is 6.61 Å². The number of esters is 1. The van der Waals surface area contributed by atoms with Crippen LogP contribution in [0.2, 0.25) is 5.02 Å². The van der Waals surface area contributed by atoms with E-state index in [9.17, 15) is 19.2 Å². The average Bonchev–Trinajstić information content (AvgIpc) is 3.03. The maximum absolute atomic E-state index is 12.7. The highest BCUT2D eigenvalue weighted by Gasteiger charge is 2.24. The minimum atomic E-state index is -0.855. The number of aromatic nitrogens is 4. The molecule has 0 amide bonds. The van der Waals surface area contributed by atoms with Crippen molar-refractivity contribution in [2.75, 3.05) is 12.3 Å². The third kappa shape index (κ3) is 4.09. The number of Topliss-reactive ketones (excluding diaryl/α,β-unsaturated/α-hetero) is 1. The summed E-state index contributed by atoms with van der Waals surface area (Å²) in [5.74, 6) is -1.87. The van der Waals surface area contributed by atoms with Crippen molar-refractivity contribution in [1.29, 1.82) is 0 Å². The Morgan fingerprint density at radius 3 is 2.41 bits per heavy atom. The Bertz CT molecular complexity index is 1350. The standard InChI is InChI=1S/C21H22ClN5O5/c1-11-16(12(2)27(24-11)9-13-7-5-6-8-14(13)22)20(30)32-10-15(28)17-18(23)25(3)21(31)26(4)19(17)29/h5-8H,9-10,23H2,1-4H3. The molecule has 0 saturated heterocycles. The van der Waals surface area contributed by atoms with Crippen LogP contribution in [0, 0.1) is 13.8 Å². The molecule has 11 heteroatoms. The molecule has 0 radical (unpaired) electrons. The summed E-state index contributed by atoms with van der Waals surface area (Å²) in [4.78, 5) is 49.5. The van der Waals surface area contributed by atoms with Crippen molar-refractivity contribution < 1.29 is 14.3 Å². The van der Waals surface area contributed by atoms with Gasteiger partial charge in [0, 0.05) is 19.1 Å². The molecular weight excluding hydrogens is 438 g/mol. The molecule has 10 nitrogen and oxygen atoms in total. The summed E-state index contributed by atoms with van der Waals surface area (Å²) in [6.07, 6.45) is 0. The van der Waals surface area contributed by atoms with E-state index >= 15 is 0 Å². The first-order chi connectivity index (χ1) is 15.0. The van der Waals surface area contributed by atoms with Gasteiger partial charge in [-0.15, -0.1) is 0 Å². The van der Waals surface area contributed by atoms with Crippen molar-refractivity contribution in [3.05, 3.63) is 78.2 Å². The molecule has 0 aliphatic heterocycles.